The summed E-state index contributed by atoms with van der Waals surface area (Å²) in [5, 5.41) is 15.9. The van der Waals surface area contributed by atoms with Crippen LogP contribution in [0.5, 0.6) is 0 Å². The van der Waals surface area contributed by atoms with E-state index in [4.69, 9.17) is 5.73 Å². The Hall–Kier alpha value is -0.820. The molecule has 0 aromatic carbocycles. The van der Waals surface area contributed by atoms with Gasteiger partial charge in [-0.2, -0.15) is 0 Å². The molecule has 3 N–H and O–H groups in total. The number of nitrogens with zero attached hydrogens (tertiary/aromatic N) is 2. The Labute approximate surface area is 115 Å². The van der Waals surface area contributed by atoms with Gasteiger partial charge in [0.25, 0.3) is 0 Å². The number of thiazole rings is 2. The molecule has 0 saturated carbocycles. The summed E-state index contributed by atoms with van der Waals surface area (Å²) in [6, 6.07) is -0.408. The van der Waals surface area contributed by atoms with Crippen molar-refractivity contribution in [1.29, 1.82) is 0 Å². The molecule has 0 aliphatic heterocycles. The van der Waals surface area contributed by atoms with Crippen LogP contribution in [0.4, 0.5) is 0 Å². The summed E-state index contributed by atoms with van der Waals surface area (Å²) in [6.45, 7) is 4.17. The van der Waals surface area contributed by atoms with Crippen LogP contribution in [0.3, 0.4) is 0 Å². The first kappa shape index (κ1) is 13.6. The smallest absolute Gasteiger partial charge is 0.182 e. The predicted molar refractivity (Wildman–Crippen MR) is 74.7 cm³/mol. The van der Waals surface area contributed by atoms with Gasteiger partial charge in [0.2, 0.25) is 0 Å². The lowest BCUT2D eigenvalue weighted by Crippen LogP contribution is -2.47. The van der Waals surface area contributed by atoms with Gasteiger partial charge in [0.05, 0.1) is 0 Å². The van der Waals surface area contributed by atoms with Crippen LogP contribution in [0.1, 0.15) is 30.3 Å². The molecule has 6 heteroatoms. The molecule has 2 rings (SSSR count). The Morgan fingerprint density at radius 3 is 2.06 bits per heavy atom. The van der Waals surface area contributed by atoms with E-state index in [0.717, 1.165) is 6.42 Å². The molecule has 0 spiro atoms. The summed E-state index contributed by atoms with van der Waals surface area (Å²) in [5.41, 5.74) is 4.95. The summed E-state index contributed by atoms with van der Waals surface area (Å²) in [7, 11) is 0. The summed E-state index contributed by atoms with van der Waals surface area (Å²) in [6.07, 6.45) is 4.08. The molecular weight excluding hydrogens is 266 g/mol. The highest BCUT2D eigenvalue weighted by atomic mass is 32.1. The Morgan fingerprint density at radius 2 is 1.72 bits per heavy atom. The molecule has 0 bridgehead atoms. The Balaban J connectivity index is 2.41. The molecule has 0 fully saturated rings. The maximum absolute atomic E-state index is 11.0. The SMILES string of the molecule is CC(C)C[C@H](N)C(O)(c1nccs1)c1nccs1. The van der Waals surface area contributed by atoms with E-state index in [0.29, 0.717) is 15.9 Å². The Bertz CT molecular complexity index is 433. The lowest BCUT2D eigenvalue weighted by molar-refractivity contribution is 0.0437. The third-order valence-electron chi connectivity index (χ3n) is 2.78. The molecule has 2 aromatic heterocycles. The first-order chi connectivity index (χ1) is 8.55. The standard InChI is InChI=1S/C12H17N3OS2/c1-8(2)7-9(13)12(16,10-14-3-5-17-10)11-15-4-6-18-11/h3-6,8-9,16H,7,13H2,1-2H3/t9-/m0/s1. The van der Waals surface area contributed by atoms with Gasteiger partial charge in [-0.1, -0.05) is 13.8 Å². The minimum absolute atomic E-state index is 0.408. The number of aromatic nitrogens is 2. The van der Waals surface area contributed by atoms with Crippen molar-refractivity contribution in [3.63, 3.8) is 0 Å². The summed E-state index contributed by atoms with van der Waals surface area (Å²) in [4.78, 5) is 8.46. The van der Waals surface area contributed by atoms with Gasteiger partial charge < -0.3 is 10.8 Å². The third kappa shape index (κ3) is 2.47. The van der Waals surface area contributed by atoms with Gasteiger partial charge in [-0.15, -0.1) is 22.7 Å². The zero-order valence-electron chi connectivity index (χ0n) is 10.4. The van der Waals surface area contributed by atoms with Gasteiger partial charge >= 0.3 is 0 Å². The van der Waals surface area contributed by atoms with Gasteiger partial charge in [-0.3, -0.25) is 0 Å². The van der Waals surface area contributed by atoms with Crippen LogP contribution in [0.15, 0.2) is 23.2 Å². The minimum Gasteiger partial charge on any atom is -0.374 e. The van der Waals surface area contributed by atoms with Gasteiger partial charge in [0, 0.05) is 29.2 Å². The second-order valence-corrected chi connectivity index (χ2v) is 6.47. The zero-order valence-corrected chi connectivity index (χ0v) is 12.0. The van der Waals surface area contributed by atoms with Crippen LogP contribution in [0.2, 0.25) is 0 Å². The van der Waals surface area contributed by atoms with Gasteiger partial charge in [-0.05, 0) is 12.3 Å². The van der Waals surface area contributed by atoms with E-state index in [1.54, 1.807) is 12.4 Å². The van der Waals surface area contributed by atoms with Crippen LogP contribution in [0, 0.1) is 5.92 Å². The minimum atomic E-state index is -1.27. The molecule has 0 amide bonds. The van der Waals surface area contributed by atoms with Crippen molar-refractivity contribution < 1.29 is 5.11 Å². The normalized spacial score (nSPS) is 14.1. The van der Waals surface area contributed by atoms with Crippen molar-refractivity contribution in [3.8, 4) is 0 Å². The molecule has 98 valence electrons. The van der Waals surface area contributed by atoms with E-state index in [-0.39, 0.29) is 0 Å². The van der Waals surface area contributed by atoms with Crippen molar-refractivity contribution >= 4 is 22.7 Å². The van der Waals surface area contributed by atoms with Crippen LogP contribution in [-0.4, -0.2) is 21.1 Å². The molecule has 0 radical (unpaired) electrons. The molecule has 4 nitrogen and oxygen atoms in total. The van der Waals surface area contributed by atoms with E-state index < -0.39 is 11.6 Å². The molecule has 0 aliphatic rings. The molecule has 1 atom stereocenters. The maximum Gasteiger partial charge on any atom is 0.182 e. The molecule has 0 unspecified atom stereocenters. The van der Waals surface area contributed by atoms with Crippen molar-refractivity contribution in [2.24, 2.45) is 11.7 Å². The monoisotopic (exact) mass is 283 g/mol. The second kappa shape index (κ2) is 5.44. The quantitative estimate of drug-likeness (QED) is 0.882. The van der Waals surface area contributed by atoms with Crippen molar-refractivity contribution in [1.82, 2.24) is 9.97 Å². The highest BCUT2D eigenvalue weighted by Gasteiger charge is 2.43. The highest BCUT2D eigenvalue weighted by molar-refractivity contribution is 7.11. The van der Waals surface area contributed by atoms with E-state index in [9.17, 15) is 5.11 Å². The van der Waals surface area contributed by atoms with Gasteiger partial charge in [0.1, 0.15) is 10.0 Å². The van der Waals surface area contributed by atoms with Crippen LogP contribution in [-0.2, 0) is 5.60 Å². The van der Waals surface area contributed by atoms with Crippen molar-refractivity contribution in [2.75, 3.05) is 0 Å². The van der Waals surface area contributed by atoms with Crippen LogP contribution in [0.25, 0.3) is 0 Å². The highest BCUT2D eigenvalue weighted by Crippen LogP contribution is 2.36. The number of aliphatic hydroxyl groups is 1. The first-order valence-electron chi connectivity index (χ1n) is 5.83. The number of hydrogen-bond acceptors (Lipinski definition) is 6. The first-order valence-corrected chi connectivity index (χ1v) is 7.59. The summed E-state index contributed by atoms with van der Waals surface area (Å²) >= 11 is 2.82. The molecular formula is C12H17N3OS2. The van der Waals surface area contributed by atoms with Crippen LogP contribution < -0.4 is 5.73 Å². The average molecular weight is 283 g/mol. The molecule has 2 aromatic rings. The average Bonchev–Trinajstić information content (AvgIpc) is 3.00. The molecule has 2 heterocycles. The van der Waals surface area contributed by atoms with E-state index in [2.05, 4.69) is 23.8 Å². The fourth-order valence-corrected chi connectivity index (χ4v) is 3.58. The van der Waals surface area contributed by atoms with Gasteiger partial charge in [0.15, 0.2) is 5.60 Å². The molecule has 0 aliphatic carbocycles. The molecule has 0 saturated heterocycles. The van der Waals surface area contributed by atoms with Gasteiger partial charge in [-0.25, -0.2) is 9.97 Å². The van der Waals surface area contributed by atoms with E-state index in [1.807, 2.05) is 10.8 Å². The predicted octanol–water partition coefficient (Wildman–Crippen LogP) is 2.21. The zero-order chi connectivity index (χ0) is 13.2. The Kier molecular flexibility index (Phi) is 4.11. The summed E-state index contributed by atoms with van der Waals surface area (Å²) in [5.74, 6) is 0.409. The lowest BCUT2D eigenvalue weighted by atomic mass is 9.89. The maximum atomic E-state index is 11.0. The number of hydrogen-bond donors (Lipinski definition) is 2. The fraction of sp³-hybridized carbons (Fsp3) is 0.500. The molecule has 18 heavy (non-hydrogen) atoms. The summed E-state index contributed by atoms with van der Waals surface area (Å²) < 4.78 is 0. The Morgan fingerprint density at radius 1 is 1.22 bits per heavy atom. The van der Waals surface area contributed by atoms with Crippen molar-refractivity contribution in [2.45, 2.75) is 31.9 Å². The lowest BCUT2D eigenvalue weighted by Gasteiger charge is -2.31. The third-order valence-corrected chi connectivity index (χ3v) is 4.57. The number of rotatable bonds is 5. The van der Waals surface area contributed by atoms with Crippen molar-refractivity contribution in [3.05, 3.63) is 33.2 Å². The largest absolute Gasteiger partial charge is 0.374 e. The van der Waals surface area contributed by atoms with E-state index in [1.165, 1.54) is 22.7 Å². The van der Waals surface area contributed by atoms with Crippen LogP contribution >= 0.6 is 22.7 Å². The second-order valence-electron chi connectivity index (χ2n) is 4.68. The van der Waals surface area contributed by atoms with E-state index >= 15 is 0 Å². The number of nitrogens with two attached hydrogens (primary N) is 1. The fourth-order valence-electron chi connectivity index (χ4n) is 1.91. The topological polar surface area (TPSA) is 72.0 Å².